The van der Waals surface area contributed by atoms with Crippen molar-refractivity contribution in [3.8, 4) is 11.3 Å². The van der Waals surface area contributed by atoms with Crippen molar-refractivity contribution in [2.45, 2.75) is 13.0 Å². The number of aliphatic hydroxyl groups excluding tert-OH is 1. The normalized spacial score (nSPS) is 11.8. The fraction of sp³-hybridized carbons (Fsp3) is 0.167. The first-order chi connectivity index (χ1) is 12.5. The molecule has 0 aliphatic carbocycles. The maximum absolute atomic E-state index is 13.9. The average Bonchev–Trinajstić information content (AvgIpc) is 2.65. The van der Waals surface area contributed by atoms with Crippen molar-refractivity contribution in [3.63, 3.8) is 0 Å². The Morgan fingerprint density at radius 1 is 1.08 bits per heavy atom. The van der Waals surface area contributed by atoms with Crippen molar-refractivity contribution in [2.24, 2.45) is 0 Å². The van der Waals surface area contributed by atoms with Gasteiger partial charge >= 0.3 is 0 Å². The zero-order chi connectivity index (χ0) is 18.5. The van der Waals surface area contributed by atoms with Crippen LogP contribution in [0.2, 0.25) is 0 Å². The first-order valence-electron chi connectivity index (χ1n) is 7.94. The topological polar surface area (TPSA) is 83.0 Å². The largest absolute Gasteiger partial charge is 0.394 e. The molecule has 2 heterocycles. The Bertz CT molecular complexity index is 892. The molecule has 134 valence electrons. The maximum Gasteiger partial charge on any atom is 0.225 e. The number of hydrogen-bond donors (Lipinski definition) is 3. The molecule has 26 heavy (non-hydrogen) atoms. The van der Waals surface area contributed by atoms with E-state index in [1.54, 1.807) is 37.5 Å². The lowest BCUT2D eigenvalue weighted by Gasteiger charge is -2.14. The quantitative estimate of drug-likeness (QED) is 0.628. The van der Waals surface area contributed by atoms with Crippen molar-refractivity contribution in [1.29, 1.82) is 0 Å². The molecule has 0 saturated carbocycles. The maximum atomic E-state index is 13.9. The number of aromatic nitrogens is 3. The van der Waals surface area contributed by atoms with Gasteiger partial charge < -0.3 is 15.7 Å². The minimum atomic E-state index is -0.603. The summed E-state index contributed by atoms with van der Waals surface area (Å²) in [6, 6.07) is 8.01. The molecule has 3 aromatic rings. The van der Waals surface area contributed by atoms with Crippen molar-refractivity contribution in [1.82, 2.24) is 15.0 Å². The van der Waals surface area contributed by atoms with Gasteiger partial charge in [-0.2, -0.15) is 4.98 Å². The Hall–Kier alpha value is -3.13. The summed E-state index contributed by atoms with van der Waals surface area (Å²) < 4.78 is 27.3. The minimum absolute atomic E-state index is 0.0365. The molecular weight excluding hydrogens is 340 g/mol. The number of halogens is 2. The Morgan fingerprint density at radius 3 is 2.58 bits per heavy atom. The molecular formula is C18H17F2N5O. The van der Waals surface area contributed by atoms with Gasteiger partial charge in [0.15, 0.2) is 0 Å². The number of anilines is 3. The van der Waals surface area contributed by atoms with Crippen LogP contribution >= 0.6 is 0 Å². The first kappa shape index (κ1) is 17.7. The number of pyridine rings is 1. The minimum Gasteiger partial charge on any atom is -0.394 e. The zero-order valence-electron chi connectivity index (χ0n) is 13.9. The highest BCUT2D eigenvalue weighted by molar-refractivity contribution is 5.67. The van der Waals surface area contributed by atoms with E-state index in [1.165, 1.54) is 0 Å². The van der Waals surface area contributed by atoms with Crippen LogP contribution in [-0.4, -0.2) is 32.7 Å². The van der Waals surface area contributed by atoms with E-state index in [1.807, 2.05) is 0 Å². The Labute approximate surface area is 149 Å². The summed E-state index contributed by atoms with van der Waals surface area (Å²) in [5.74, 6) is -0.637. The molecule has 0 aliphatic heterocycles. The highest BCUT2D eigenvalue weighted by atomic mass is 19.1. The second-order valence-electron chi connectivity index (χ2n) is 5.68. The molecule has 0 bridgehead atoms. The second-order valence-corrected chi connectivity index (χ2v) is 5.68. The predicted molar refractivity (Wildman–Crippen MR) is 95.1 cm³/mol. The standard InChI is InChI=1S/C18H17F2N5O/c1-11(10-26)22-18-24-15(12-4-6-21-7-5-12)9-17(25-18)23-16-8-13(19)2-3-14(16)20/h2-9,11,26H,10H2,1H3,(H2,22,23,24,25)/t11-/m1/s1. The monoisotopic (exact) mass is 357 g/mol. The predicted octanol–water partition coefficient (Wildman–Crippen LogP) is 3.35. The summed E-state index contributed by atoms with van der Waals surface area (Å²) in [5, 5.41) is 14.9. The van der Waals surface area contributed by atoms with Gasteiger partial charge in [0.2, 0.25) is 5.95 Å². The van der Waals surface area contributed by atoms with Crippen molar-refractivity contribution in [2.75, 3.05) is 17.2 Å². The van der Waals surface area contributed by atoms with Gasteiger partial charge in [0.1, 0.15) is 17.5 Å². The molecule has 1 aromatic carbocycles. The van der Waals surface area contributed by atoms with Gasteiger partial charge in [-0.15, -0.1) is 0 Å². The summed E-state index contributed by atoms with van der Waals surface area (Å²) in [6.45, 7) is 1.66. The molecule has 1 atom stereocenters. The van der Waals surface area contributed by atoms with E-state index in [4.69, 9.17) is 0 Å². The Kier molecular flexibility index (Phi) is 5.33. The van der Waals surface area contributed by atoms with Crippen LogP contribution in [0.3, 0.4) is 0 Å². The summed E-state index contributed by atoms with van der Waals surface area (Å²) in [6.07, 6.45) is 3.25. The number of rotatable bonds is 6. The van der Waals surface area contributed by atoms with Crippen molar-refractivity contribution < 1.29 is 13.9 Å². The number of aliphatic hydroxyl groups is 1. The van der Waals surface area contributed by atoms with Crippen LogP contribution in [0, 0.1) is 11.6 Å². The van der Waals surface area contributed by atoms with E-state index < -0.39 is 11.6 Å². The molecule has 3 N–H and O–H groups in total. The molecule has 6 nitrogen and oxygen atoms in total. The number of hydrogen-bond acceptors (Lipinski definition) is 6. The van der Waals surface area contributed by atoms with Crippen LogP contribution in [0.1, 0.15) is 6.92 Å². The van der Waals surface area contributed by atoms with Crippen LogP contribution in [0.4, 0.5) is 26.2 Å². The van der Waals surface area contributed by atoms with E-state index in [0.29, 0.717) is 5.69 Å². The molecule has 3 rings (SSSR count). The van der Waals surface area contributed by atoms with Gasteiger partial charge in [-0.05, 0) is 31.2 Å². The van der Waals surface area contributed by atoms with Crippen LogP contribution in [0.5, 0.6) is 0 Å². The van der Waals surface area contributed by atoms with Gasteiger partial charge in [0, 0.05) is 36.1 Å². The smallest absolute Gasteiger partial charge is 0.225 e. The van der Waals surface area contributed by atoms with Crippen molar-refractivity contribution >= 4 is 17.5 Å². The first-order valence-corrected chi connectivity index (χ1v) is 7.94. The van der Waals surface area contributed by atoms with E-state index in [-0.39, 0.29) is 30.1 Å². The summed E-state index contributed by atoms with van der Waals surface area (Å²) >= 11 is 0. The second kappa shape index (κ2) is 7.83. The molecule has 0 amide bonds. The lowest BCUT2D eigenvalue weighted by atomic mass is 10.2. The molecule has 0 unspecified atom stereocenters. The molecule has 2 aromatic heterocycles. The van der Waals surface area contributed by atoms with E-state index >= 15 is 0 Å². The van der Waals surface area contributed by atoms with Gasteiger partial charge in [-0.3, -0.25) is 4.98 Å². The molecule has 0 aliphatic rings. The Balaban J connectivity index is 2.00. The van der Waals surface area contributed by atoms with Crippen LogP contribution in [0.25, 0.3) is 11.3 Å². The van der Waals surface area contributed by atoms with Crippen LogP contribution in [0.15, 0.2) is 48.8 Å². The molecule has 0 spiro atoms. The number of nitrogens with one attached hydrogen (secondary N) is 2. The van der Waals surface area contributed by atoms with Gasteiger partial charge in [0.25, 0.3) is 0 Å². The fourth-order valence-corrected chi connectivity index (χ4v) is 2.24. The van der Waals surface area contributed by atoms with E-state index in [9.17, 15) is 13.9 Å². The lowest BCUT2D eigenvalue weighted by molar-refractivity contribution is 0.281. The van der Waals surface area contributed by atoms with Gasteiger partial charge in [0.05, 0.1) is 18.0 Å². The third kappa shape index (κ3) is 4.28. The summed E-state index contributed by atoms with van der Waals surface area (Å²) in [5.41, 5.74) is 1.31. The molecule has 0 saturated heterocycles. The molecule has 0 radical (unpaired) electrons. The highest BCUT2D eigenvalue weighted by Crippen LogP contribution is 2.25. The van der Waals surface area contributed by atoms with Crippen LogP contribution in [-0.2, 0) is 0 Å². The average molecular weight is 357 g/mol. The van der Waals surface area contributed by atoms with Gasteiger partial charge in [-0.1, -0.05) is 0 Å². The lowest BCUT2D eigenvalue weighted by Crippen LogP contribution is -2.21. The highest BCUT2D eigenvalue weighted by Gasteiger charge is 2.11. The Morgan fingerprint density at radius 2 is 1.85 bits per heavy atom. The van der Waals surface area contributed by atoms with Crippen molar-refractivity contribution in [3.05, 3.63) is 60.4 Å². The summed E-state index contributed by atoms with van der Waals surface area (Å²) in [7, 11) is 0. The van der Waals surface area contributed by atoms with Crippen LogP contribution < -0.4 is 10.6 Å². The SMILES string of the molecule is C[C@H](CO)Nc1nc(Nc2cc(F)ccc2F)cc(-c2ccncc2)n1. The zero-order valence-corrected chi connectivity index (χ0v) is 13.9. The number of nitrogens with zero attached hydrogens (tertiary/aromatic N) is 3. The third-order valence-electron chi connectivity index (χ3n) is 3.54. The summed E-state index contributed by atoms with van der Waals surface area (Å²) in [4.78, 5) is 12.6. The number of benzene rings is 1. The molecule has 0 fully saturated rings. The van der Waals surface area contributed by atoms with Gasteiger partial charge in [-0.25, -0.2) is 13.8 Å². The van der Waals surface area contributed by atoms with E-state index in [2.05, 4.69) is 25.6 Å². The third-order valence-corrected chi connectivity index (χ3v) is 3.54. The fourth-order valence-electron chi connectivity index (χ4n) is 2.24. The molecule has 8 heteroatoms. The van der Waals surface area contributed by atoms with E-state index in [0.717, 1.165) is 23.8 Å².